The summed E-state index contributed by atoms with van der Waals surface area (Å²) in [6.45, 7) is 11.2. The minimum atomic E-state index is -0.899. The smallest absolute Gasteiger partial charge is 0.240 e. The normalized spacial score (nSPS) is 25.9. The van der Waals surface area contributed by atoms with Gasteiger partial charge in [-0.25, -0.2) is 0 Å². The molecule has 0 radical (unpaired) electrons. The van der Waals surface area contributed by atoms with E-state index in [2.05, 4.69) is 19.2 Å². The van der Waals surface area contributed by atoms with Crippen LogP contribution in [0.15, 0.2) is 24.3 Å². The SMILES string of the molecule is CCOC1CC(N)(C(=O)NCC(C)(C)c2ccccc2Cl)C1(C)C. The number of benzene rings is 1. The first kappa shape index (κ1) is 19.2. The molecular weight excluding hydrogens is 324 g/mol. The van der Waals surface area contributed by atoms with Gasteiger partial charge in [-0.05, 0) is 18.6 Å². The topological polar surface area (TPSA) is 64.3 Å². The molecule has 134 valence electrons. The summed E-state index contributed by atoms with van der Waals surface area (Å²) < 4.78 is 5.69. The molecule has 1 saturated carbocycles. The lowest BCUT2D eigenvalue weighted by Gasteiger charge is -2.57. The van der Waals surface area contributed by atoms with Crippen LogP contribution in [-0.4, -0.2) is 30.7 Å². The monoisotopic (exact) mass is 352 g/mol. The summed E-state index contributed by atoms with van der Waals surface area (Å²) in [6, 6.07) is 7.72. The second-order valence-electron chi connectivity index (χ2n) is 7.89. The molecule has 1 aliphatic rings. The molecule has 5 heteroatoms. The zero-order valence-corrected chi connectivity index (χ0v) is 16.0. The highest BCUT2D eigenvalue weighted by atomic mass is 35.5. The van der Waals surface area contributed by atoms with Gasteiger partial charge in [0.25, 0.3) is 0 Å². The van der Waals surface area contributed by atoms with Gasteiger partial charge in [0.15, 0.2) is 0 Å². The maximum atomic E-state index is 12.8. The quantitative estimate of drug-likeness (QED) is 0.825. The summed E-state index contributed by atoms with van der Waals surface area (Å²) in [4.78, 5) is 12.8. The average Bonchev–Trinajstić information content (AvgIpc) is 2.52. The molecule has 1 aliphatic carbocycles. The van der Waals surface area contributed by atoms with Gasteiger partial charge in [-0.15, -0.1) is 0 Å². The van der Waals surface area contributed by atoms with Crippen molar-refractivity contribution in [1.82, 2.24) is 5.32 Å². The molecule has 0 bridgehead atoms. The maximum absolute atomic E-state index is 12.8. The van der Waals surface area contributed by atoms with E-state index < -0.39 is 5.54 Å². The van der Waals surface area contributed by atoms with Crippen LogP contribution in [0.2, 0.25) is 5.02 Å². The van der Waals surface area contributed by atoms with E-state index >= 15 is 0 Å². The lowest BCUT2D eigenvalue weighted by Crippen LogP contribution is -2.76. The van der Waals surface area contributed by atoms with Crippen molar-refractivity contribution >= 4 is 17.5 Å². The first-order valence-corrected chi connectivity index (χ1v) is 8.88. The van der Waals surface area contributed by atoms with E-state index in [1.165, 1.54) is 0 Å². The molecule has 0 spiro atoms. The van der Waals surface area contributed by atoms with E-state index in [4.69, 9.17) is 22.1 Å². The van der Waals surface area contributed by atoms with Crippen LogP contribution in [0.3, 0.4) is 0 Å². The van der Waals surface area contributed by atoms with E-state index in [0.29, 0.717) is 24.6 Å². The third-order valence-electron chi connectivity index (χ3n) is 5.53. The molecule has 1 aromatic rings. The van der Waals surface area contributed by atoms with Crippen molar-refractivity contribution in [3.05, 3.63) is 34.9 Å². The minimum absolute atomic E-state index is 0.0230. The Labute approximate surface area is 150 Å². The van der Waals surface area contributed by atoms with Gasteiger partial charge in [0.05, 0.1) is 6.10 Å². The molecule has 1 amide bonds. The van der Waals surface area contributed by atoms with Crippen LogP contribution >= 0.6 is 11.6 Å². The Morgan fingerprint density at radius 2 is 2.04 bits per heavy atom. The van der Waals surface area contributed by atoms with Crippen molar-refractivity contribution in [1.29, 1.82) is 0 Å². The Hall–Kier alpha value is -1.10. The summed E-state index contributed by atoms with van der Waals surface area (Å²) in [6.07, 6.45) is 0.571. The Kier molecular flexibility index (Phi) is 5.34. The number of carbonyl (C=O) groups excluding carboxylic acids is 1. The third kappa shape index (κ3) is 3.19. The van der Waals surface area contributed by atoms with E-state index in [1.54, 1.807) is 0 Å². The van der Waals surface area contributed by atoms with Gasteiger partial charge in [0.1, 0.15) is 5.54 Å². The molecule has 0 aliphatic heterocycles. The Balaban J connectivity index is 2.05. The second kappa shape index (κ2) is 6.66. The van der Waals surface area contributed by atoms with E-state index in [1.807, 2.05) is 45.0 Å². The molecule has 1 fully saturated rings. The third-order valence-corrected chi connectivity index (χ3v) is 5.86. The van der Waals surface area contributed by atoms with Gasteiger partial charge >= 0.3 is 0 Å². The van der Waals surface area contributed by atoms with E-state index in [9.17, 15) is 4.79 Å². The van der Waals surface area contributed by atoms with Crippen molar-refractivity contribution < 1.29 is 9.53 Å². The summed E-state index contributed by atoms with van der Waals surface area (Å²) in [7, 11) is 0. The van der Waals surface area contributed by atoms with Gasteiger partial charge in [0.2, 0.25) is 5.91 Å². The van der Waals surface area contributed by atoms with Gasteiger partial charge in [-0.3, -0.25) is 4.79 Å². The number of halogens is 1. The number of amides is 1. The van der Waals surface area contributed by atoms with Gasteiger partial charge in [0, 0.05) is 35.4 Å². The van der Waals surface area contributed by atoms with Gasteiger partial charge in [-0.1, -0.05) is 57.5 Å². The molecule has 24 heavy (non-hydrogen) atoms. The average molecular weight is 353 g/mol. The first-order chi connectivity index (χ1) is 11.1. The summed E-state index contributed by atoms with van der Waals surface area (Å²) in [5.74, 6) is -0.122. The highest BCUT2D eigenvalue weighted by molar-refractivity contribution is 6.31. The van der Waals surface area contributed by atoms with Crippen molar-refractivity contribution in [3.63, 3.8) is 0 Å². The van der Waals surface area contributed by atoms with Crippen molar-refractivity contribution in [2.75, 3.05) is 13.2 Å². The lowest BCUT2D eigenvalue weighted by molar-refractivity contribution is -0.170. The number of hydrogen-bond donors (Lipinski definition) is 2. The summed E-state index contributed by atoms with van der Waals surface area (Å²) in [5.41, 5.74) is 5.87. The number of ether oxygens (including phenoxy) is 1. The number of rotatable bonds is 6. The predicted octanol–water partition coefficient (Wildman–Crippen LogP) is 3.27. The molecule has 0 saturated heterocycles. The van der Waals surface area contributed by atoms with Crippen LogP contribution in [0.5, 0.6) is 0 Å². The van der Waals surface area contributed by atoms with Crippen LogP contribution in [0, 0.1) is 5.41 Å². The molecule has 2 rings (SSSR count). The van der Waals surface area contributed by atoms with Crippen LogP contribution in [0.25, 0.3) is 0 Å². The number of carbonyl (C=O) groups is 1. The zero-order valence-electron chi connectivity index (χ0n) is 15.3. The highest BCUT2D eigenvalue weighted by Crippen LogP contribution is 2.49. The summed E-state index contributed by atoms with van der Waals surface area (Å²) >= 11 is 6.30. The summed E-state index contributed by atoms with van der Waals surface area (Å²) in [5, 5.41) is 3.74. The highest BCUT2D eigenvalue weighted by Gasteiger charge is 2.62. The maximum Gasteiger partial charge on any atom is 0.240 e. The van der Waals surface area contributed by atoms with Crippen molar-refractivity contribution in [2.24, 2.45) is 11.1 Å². The van der Waals surface area contributed by atoms with Gasteiger partial charge in [-0.2, -0.15) is 0 Å². The Bertz CT molecular complexity index is 615. The first-order valence-electron chi connectivity index (χ1n) is 8.50. The van der Waals surface area contributed by atoms with Crippen molar-refractivity contribution in [2.45, 2.75) is 58.1 Å². The fourth-order valence-electron chi connectivity index (χ4n) is 3.38. The standard InChI is InChI=1S/C19H29ClN2O2/c1-6-24-15-11-19(21,18(15,4)5)16(23)22-12-17(2,3)13-9-7-8-10-14(13)20/h7-10,15H,6,11-12,21H2,1-5H3,(H,22,23). The number of nitrogens with one attached hydrogen (secondary N) is 1. The number of nitrogens with two attached hydrogens (primary N) is 1. The molecule has 0 aromatic heterocycles. The van der Waals surface area contributed by atoms with Crippen LogP contribution in [-0.2, 0) is 14.9 Å². The second-order valence-corrected chi connectivity index (χ2v) is 8.29. The largest absolute Gasteiger partial charge is 0.378 e. The molecule has 2 atom stereocenters. The molecule has 3 N–H and O–H groups in total. The fraction of sp³-hybridized carbons (Fsp3) is 0.632. The van der Waals surface area contributed by atoms with E-state index in [0.717, 1.165) is 5.56 Å². The van der Waals surface area contributed by atoms with Crippen LogP contribution < -0.4 is 11.1 Å². The van der Waals surface area contributed by atoms with Crippen molar-refractivity contribution in [3.8, 4) is 0 Å². The van der Waals surface area contributed by atoms with E-state index in [-0.39, 0.29) is 22.8 Å². The Morgan fingerprint density at radius 3 is 2.58 bits per heavy atom. The van der Waals surface area contributed by atoms with Crippen LogP contribution in [0.4, 0.5) is 0 Å². The molecular formula is C19H29ClN2O2. The Morgan fingerprint density at radius 1 is 1.42 bits per heavy atom. The fourth-order valence-corrected chi connectivity index (χ4v) is 3.78. The molecule has 0 heterocycles. The zero-order chi connectivity index (χ0) is 18.2. The molecule has 1 aromatic carbocycles. The minimum Gasteiger partial charge on any atom is -0.378 e. The van der Waals surface area contributed by atoms with Gasteiger partial charge < -0.3 is 15.8 Å². The lowest BCUT2D eigenvalue weighted by atomic mass is 9.54. The number of hydrogen-bond acceptors (Lipinski definition) is 3. The van der Waals surface area contributed by atoms with Crippen LogP contribution in [0.1, 0.15) is 46.6 Å². The predicted molar refractivity (Wildman–Crippen MR) is 98.2 cm³/mol. The molecule has 2 unspecified atom stereocenters. The molecule has 4 nitrogen and oxygen atoms in total.